The lowest BCUT2D eigenvalue weighted by Gasteiger charge is -2.04. The molecule has 5 nitrogen and oxygen atoms in total. The van der Waals surface area contributed by atoms with Crippen LogP contribution in [0.15, 0.2) is 29.3 Å². The van der Waals surface area contributed by atoms with Gasteiger partial charge in [-0.05, 0) is 18.6 Å². The maximum atomic E-state index is 12.0. The van der Waals surface area contributed by atoms with Gasteiger partial charge in [-0.15, -0.1) is 11.3 Å². The summed E-state index contributed by atoms with van der Waals surface area (Å²) in [6.45, 7) is 0. The van der Waals surface area contributed by atoms with Gasteiger partial charge >= 0.3 is 0 Å². The molecule has 2 heterocycles. The van der Waals surface area contributed by atoms with Gasteiger partial charge < -0.3 is 5.73 Å². The number of nitrogens with two attached hydrogens (primary N) is 1. The van der Waals surface area contributed by atoms with E-state index in [0.717, 1.165) is 11.3 Å². The third-order valence-corrected chi connectivity index (χ3v) is 5.32. The lowest BCUT2D eigenvalue weighted by Crippen LogP contribution is -2.13. The zero-order valence-corrected chi connectivity index (χ0v) is 11.5. The Hall–Kier alpha value is -1.73. The molecular weight excluding hydrogens is 282 g/mol. The van der Waals surface area contributed by atoms with Crippen LogP contribution in [0.2, 0.25) is 0 Å². The van der Waals surface area contributed by atoms with Crippen molar-refractivity contribution >= 4 is 38.9 Å². The second-order valence-corrected chi connectivity index (χ2v) is 6.66. The Morgan fingerprint density at radius 3 is 2.95 bits per heavy atom. The number of aromatic nitrogens is 1. The summed E-state index contributed by atoms with van der Waals surface area (Å²) in [5.74, 6) is 0.338. The quantitative estimate of drug-likeness (QED) is 0.824. The molecule has 0 radical (unpaired) electrons. The van der Waals surface area contributed by atoms with Crippen LogP contribution < -0.4 is 11.1 Å². The molecule has 0 saturated heterocycles. The number of para-hydroxylation sites is 1. The molecule has 3 N–H and O–H groups in total. The van der Waals surface area contributed by atoms with Crippen LogP contribution in [-0.2, 0) is 17.2 Å². The number of anilines is 2. The first-order valence-corrected chi connectivity index (χ1v) is 7.82. The molecule has 7 heteroatoms. The number of fused-ring (bicyclic) bond motifs is 1. The minimum Gasteiger partial charge on any atom is -0.398 e. The van der Waals surface area contributed by atoms with Gasteiger partial charge in [0.15, 0.2) is 5.13 Å². The maximum absolute atomic E-state index is 12.0. The van der Waals surface area contributed by atoms with Gasteiger partial charge in [0.25, 0.3) is 5.91 Å². The van der Waals surface area contributed by atoms with Crippen molar-refractivity contribution in [2.75, 3.05) is 16.8 Å². The van der Waals surface area contributed by atoms with Crippen molar-refractivity contribution in [1.29, 1.82) is 0 Å². The van der Waals surface area contributed by atoms with Gasteiger partial charge in [0.1, 0.15) is 5.03 Å². The van der Waals surface area contributed by atoms with Crippen molar-refractivity contribution in [3.05, 3.63) is 34.7 Å². The van der Waals surface area contributed by atoms with Gasteiger partial charge in [-0.2, -0.15) is 0 Å². The Kier molecular flexibility index (Phi) is 3.08. The highest BCUT2D eigenvalue weighted by molar-refractivity contribution is 7.85. The highest BCUT2D eigenvalue weighted by Crippen LogP contribution is 2.31. The summed E-state index contributed by atoms with van der Waals surface area (Å²) in [4.78, 5) is 17.3. The van der Waals surface area contributed by atoms with Crippen LogP contribution in [0.5, 0.6) is 0 Å². The number of hydrogen-bond donors (Lipinski definition) is 2. The summed E-state index contributed by atoms with van der Waals surface area (Å²) in [6.07, 6.45) is 0.767. The molecule has 2 aromatic rings. The van der Waals surface area contributed by atoms with Gasteiger partial charge in [0.05, 0.1) is 16.4 Å². The number of aryl methyl sites for hydroxylation is 1. The Morgan fingerprint density at radius 1 is 1.42 bits per heavy atom. The highest BCUT2D eigenvalue weighted by Gasteiger charge is 2.24. The summed E-state index contributed by atoms with van der Waals surface area (Å²) in [5, 5.41) is 3.79. The van der Waals surface area contributed by atoms with Crippen LogP contribution in [0.4, 0.5) is 10.8 Å². The number of nitrogens with one attached hydrogen (secondary N) is 1. The van der Waals surface area contributed by atoms with E-state index in [4.69, 9.17) is 5.73 Å². The van der Waals surface area contributed by atoms with Gasteiger partial charge in [-0.25, -0.2) is 4.98 Å². The van der Waals surface area contributed by atoms with Crippen molar-refractivity contribution in [2.24, 2.45) is 0 Å². The number of amides is 1. The number of carbonyl (C=O) groups excluding carboxylic acids is 1. The molecule has 0 saturated carbocycles. The fraction of sp³-hybridized carbons (Fsp3) is 0.167. The van der Waals surface area contributed by atoms with E-state index in [1.807, 2.05) is 0 Å². The predicted octanol–water partition coefficient (Wildman–Crippen LogP) is 1.64. The zero-order chi connectivity index (χ0) is 13.4. The third kappa shape index (κ3) is 2.26. The monoisotopic (exact) mass is 293 g/mol. The number of carbonyl (C=O) groups is 1. The summed E-state index contributed by atoms with van der Waals surface area (Å²) < 4.78 is 11.6. The first kappa shape index (κ1) is 12.3. The van der Waals surface area contributed by atoms with E-state index >= 15 is 0 Å². The highest BCUT2D eigenvalue weighted by atomic mass is 32.2. The molecule has 98 valence electrons. The first-order chi connectivity index (χ1) is 9.15. The van der Waals surface area contributed by atoms with E-state index < -0.39 is 10.8 Å². The molecule has 19 heavy (non-hydrogen) atoms. The van der Waals surface area contributed by atoms with Crippen molar-refractivity contribution in [3.8, 4) is 0 Å². The van der Waals surface area contributed by atoms with Crippen LogP contribution in [0.25, 0.3) is 0 Å². The van der Waals surface area contributed by atoms with Crippen LogP contribution >= 0.6 is 11.3 Å². The predicted molar refractivity (Wildman–Crippen MR) is 75.9 cm³/mol. The van der Waals surface area contributed by atoms with Gasteiger partial charge in [-0.1, -0.05) is 12.1 Å². The Bertz CT molecular complexity index is 681. The largest absolute Gasteiger partial charge is 0.398 e. The lowest BCUT2D eigenvalue weighted by atomic mass is 10.2. The van der Waals surface area contributed by atoms with Gasteiger partial charge in [-0.3, -0.25) is 14.3 Å². The molecule has 1 aromatic heterocycles. The van der Waals surface area contributed by atoms with Crippen molar-refractivity contribution in [2.45, 2.75) is 11.4 Å². The summed E-state index contributed by atoms with van der Waals surface area (Å²) in [5.41, 5.74) is 6.58. The van der Waals surface area contributed by atoms with E-state index in [1.54, 1.807) is 24.3 Å². The third-order valence-electron chi connectivity index (χ3n) is 2.82. The van der Waals surface area contributed by atoms with Crippen LogP contribution in [0, 0.1) is 0 Å². The van der Waals surface area contributed by atoms with Gasteiger partial charge in [0.2, 0.25) is 0 Å². The van der Waals surface area contributed by atoms with Crippen LogP contribution in [-0.4, -0.2) is 20.9 Å². The number of thiazole rings is 1. The van der Waals surface area contributed by atoms with E-state index in [2.05, 4.69) is 10.3 Å². The molecule has 3 rings (SSSR count). The Morgan fingerprint density at radius 2 is 2.21 bits per heavy atom. The molecule has 1 aromatic carbocycles. The van der Waals surface area contributed by atoms with Crippen LogP contribution in [0.1, 0.15) is 15.2 Å². The van der Waals surface area contributed by atoms with Crippen LogP contribution in [0.3, 0.4) is 0 Å². The van der Waals surface area contributed by atoms with E-state index in [9.17, 15) is 9.00 Å². The fourth-order valence-corrected chi connectivity index (χ4v) is 4.45. The minimum atomic E-state index is -1.02. The lowest BCUT2D eigenvalue weighted by molar-refractivity contribution is 0.102. The second-order valence-electron chi connectivity index (χ2n) is 4.09. The average molecular weight is 293 g/mol. The smallest absolute Gasteiger partial charge is 0.259 e. The van der Waals surface area contributed by atoms with Crippen molar-refractivity contribution < 1.29 is 9.00 Å². The normalized spacial score (nSPS) is 17.2. The second kappa shape index (κ2) is 4.75. The summed E-state index contributed by atoms with van der Waals surface area (Å²) in [6, 6.07) is 6.85. The molecule has 0 fully saturated rings. The SMILES string of the molecule is Nc1ccccc1C(=O)Nc1nc2c(s1)CCS2=O. The Labute approximate surface area is 116 Å². The van der Waals surface area contributed by atoms with E-state index in [1.165, 1.54) is 11.3 Å². The molecule has 1 aliphatic heterocycles. The molecule has 0 aliphatic carbocycles. The molecule has 1 unspecified atom stereocenters. The first-order valence-electron chi connectivity index (χ1n) is 5.69. The van der Waals surface area contributed by atoms with E-state index in [-0.39, 0.29) is 5.91 Å². The molecule has 0 spiro atoms. The number of benzene rings is 1. The fourth-order valence-electron chi connectivity index (χ4n) is 1.88. The van der Waals surface area contributed by atoms with Gasteiger partial charge in [0, 0.05) is 16.3 Å². The number of nitrogens with zero attached hydrogens (tertiary/aromatic N) is 1. The van der Waals surface area contributed by atoms with Crippen molar-refractivity contribution in [3.63, 3.8) is 0 Å². The number of rotatable bonds is 2. The molecular formula is C12H11N3O2S2. The molecule has 0 bridgehead atoms. The standard InChI is InChI=1S/C12H11N3O2S2/c13-8-4-2-1-3-7(8)10(16)14-12-15-11-9(18-12)5-6-19(11)17/h1-4H,5-6,13H2,(H,14,15,16). The summed E-state index contributed by atoms with van der Waals surface area (Å²) >= 11 is 1.38. The van der Waals surface area contributed by atoms with E-state index in [0.29, 0.717) is 27.2 Å². The number of hydrogen-bond acceptors (Lipinski definition) is 5. The molecule has 1 atom stereocenters. The summed E-state index contributed by atoms with van der Waals surface area (Å²) in [7, 11) is -1.02. The average Bonchev–Trinajstić information content (AvgIpc) is 2.92. The van der Waals surface area contributed by atoms with Crippen molar-refractivity contribution in [1.82, 2.24) is 4.98 Å². The Balaban J connectivity index is 1.83. The maximum Gasteiger partial charge on any atom is 0.259 e. The minimum absolute atomic E-state index is 0.295. The molecule has 1 amide bonds. The number of nitrogen functional groups attached to an aromatic ring is 1. The topological polar surface area (TPSA) is 85.1 Å². The zero-order valence-electron chi connectivity index (χ0n) is 9.88. The molecule has 1 aliphatic rings.